The Hall–Kier alpha value is -8.89. The molecule has 0 aliphatic heterocycles. The number of methoxy groups -OCH3 is 4. The third kappa shape index (κ3) is 21.9. The van der Waals surface area contributed by atoms with E-state index in [1.165, 1.54) is 95.2 Å². The van der Waals surface area contributed by atoms with Gasteiger partial charge in [-0.25, -0.2) is 0 Å². The number of nitrogens with two attached hydrogens (primary N) is 5. The predicted octanol–water partition coefficient (Wildman–Crippen LogP) is 2.92. The summed E-state index contributed by atoms with van der Waals surface area (Å²) in [5.74, 6) is -6.18. The Labute approximate surface area is 499 Å². The first-order chi connectivity index (χ1) is 41.3. The largest absolute Gasteiger partial charge is 0.496 e. The Morgan fingerprint density at radius 1 is 0.395 bits per heavy atom. The Morgan fingerprint density at radius 2 is 0.674 bits per heavy atom. The summed E-state index contributed by atoms with van der Waals surface area (Å²) >= 11 is 0. The molecule has 4 aromatic carbocycles. The fraction of sp³-hybridized carbons (Fsp3) is 0.441. The molecule has 0 aromatic heterocycles. The zero-order chi connectivity index (χ0) is 63.1. The number of unbranched alkanes of at least 4 members (excludes halogenated alkanes) is 5. The number of benzene rings is 4. The minimum atomic E-state index is -1.27. The van der Waals surface area contributed by atoms with Gasteiger partial charge in [-0.2, -0.15) is 0 Å². The number of hydrogen-bond acceptors (Lipinski definition) is 18. The lowest BCUT2D eigenvalue weighted by Gasteiger charge is -2.22. The standard InChI is InChI=1S/C59H83N13O14/c1-83-47-22-19-36(30-39(47)52(75)65-34-51(73)74)67-57(80)44(15-6-5-10-26-60)70-54(77)41-32-37(20-24-49(41)85-3)68-59(82)46(17-9-13-29-63)72-55(78)42-33-38(21-25-50(42)86-4)69-58(81)45(16-8-12-28-62)71-53(76)40-31-35(18-23-48(40)84-2)66-56(79)43(64)14-7-11-27-61/h18-25,30-33,43-46H,5-17,26-29,34,60-64H2,1-4H3,(H,65,75)(H,66,79)(H,67,80)(H,68,82)(H,69,81)(H,70,77)(H,71,76)(H,72,78)(H,73,74)/t43-,44-,45-,46-/m0/s1. The van der Waals surface area contributed by atoms with Crippen molar-refractivity contribution in [2.75, 3.05) is 82.4 Å². The molecule has 4 aromatic rings. The summed E-state index contributed by atoms with van der Waals surface area (Å²) in [6.07, 6.45) is 5.91. The van der Waals surface area contributed by atoms with Gasteiger partial charge in [0.25, 0.3) is 23.6 Å². The van der Waals surface area contributed by atoms with Crippen molar-refractivity contribution in [1.82, 2.24) is 21.3 Å². The number of nitrogens with one attached hydrogen (secondary N) is 8. The van der Waals surface area contributed by atoms with E-state index < -0.39 is 83.9 Å². The van der Waals surface area contributed by atoms with Crippen LogP contribution < -0.4 is 90.2 Å². The van der Waals surface area contributed by atoms with E-state index in [1.54, 1.807) is 6.07 Å². The summed E-state index contributed by atoms with van der Waals surface area (Å²) in [7, 11) is 5.36. The van der Waals surface area contributed by atoms with Crippen LogP contribution in [0.2, 0.25) is 0 Å². The first-order valence-electron chi connectivity index (χ1n) is 28.3. The van der Waals surface area contributed by atoms with Crippen molar-refractivity contribution in [2.24, 2.45) is 28.7 Å². The smallest absolute Gasteiger partial charge is 0.322 e. The van der Waals surface area contributed by atoms with Crippen LogP contribution in [0.25, 0.3) is 0 Å². The summed E-state index contributed by atoms with van der Waals surface area (Å²) in [6, 6.07) is 12.9. The molecule has 19 N–H and O–H groups in total. The van der Waals surface area contributed by atoms with Crippen molar-refractivity contribution in [1.29, 1.82) is 0 Å². The van der Waals surface area contributed by atoms with Gasteiger partial charge < -0.3 is 95.3 Å². The Kier molecular flexibility index (Phi) is 29.7. The normalized spacial score (nSPS) is 12.2. The zero-order valence-electron chi connectivity index (χ0n) is 49.1. The summed E-state index contributed by atoms with van der Waals surface area (Å²) in [4.78, 5) is 122. The van der Waals surface area contributed by atoms with Crippen LogP contribution in [0.3, 0.4) is 0 Å². The van der Waals surface area contributed by atoms with Gasteiger partial charge in [0.15, 0.2) is 0 Å². The van der Waals surface area contributed by atoms with Crippen LogP contribution in [0.4, 0.5) is 22.7 Å². The number of carbonyl (C=O) groups excluding carboxylic acids is 8. The van der Waals surface area contributed by atoms with Gasteiger partial charge in [0.2, 0.25) is 23.6 Å². The molecule has 4 rings (SSSR count). The average molecular weight is 1200 g/mol. The van der Waals surface area contributed by atoms with Gasteiger partial charge in [-0.3, -0.25) is 43.2 Å². The predicted molar refractivity (Wildman–Crippen MR) is 324 cm³/mol. The maximum absolute atomic E-state index is 14.3. The highest BCUT2D eigenvalue weighted by Gasteiger charge is 2.29. The second kappa shape index (κ2) is 36.7. The number of aliphatic carboxylic acids is 1. The van der Waals surface area contributed by atoms with Crippen LogP contribution in [0.5, 0.6) is 23.0 Å². The highest BCUT2D eigenvalue weighted by Crippen LogP contribution is 2.28. The molecule has 0 heterocycles. The molecule has 0 radical (unpaired) electrons. The maximum Gasteiger partial charge on any atom is 0.322 e. The second-order valence-corrected chi connectivity index (χ2v) is 19.9. The van der Waals surface area contributed by atoms with Gasteiger partial charge in [0.1, 0.15) is 47.7 Å². The van der Waals surface area contributed by atoms with E-state index in [1.807, 2.05) is 0 Å². The highest BCUT2D eigenvalue weighted by atomic mass is 16.5. The van der Waals surface area contributed by atoms with Gasteiger partial charge >= 0.3 is 5.97 Å². The van der Waals surface area contributed by atoms with E-state index in [0.29, 0.717) is 90.4 Å². The minimum Gasteiger partial charge on any atom is -0.496 e. The van der Waals surface area contributed by atoms with Gasteiger partial charge in [0.05, 0.1) is 56.7 Å². The van der Waals surface area contributed by atoms with Crippen LogP contribution in [0.1, 0.15) is 125 Å². The molecule has 27 nitrogen and oxygen atoms in total. The quantitative estimate of drug-likeness (QED) is 0.0287. The topological polar surface area (TPSA) is 437 Å². The van der Waals surface area contributed by atoms with E-state index in [9.17, 15) is 43.2 Å². The van der Waals surface area contributed by atoms with Crippen LogP contribution in [-0.2, 0) is 24.0 Å². The number of hydrogen-bond donors (Lipinski definition) is 14. The fourth-order valence-corrected chi connectivity index (χ4v) is 8.84. The lowest BCUT2D eigenvalue weighted by atomic mass is 10.0. The van der Waals surface area contributed by atoms with Gasteiger partial charge in [-0.05, 0) is 163 Å². The SMILES string of the molecule is COc1ccc(NC(=O)[C@H](CCCCCN)NC(=O)c2cc(NC(=O)[C@H](CCCCN)NC(=O)c3cc(NC(=O)[C@H](CCCCN)NC(=O)c4cc(NC(=O)[C@@H](N)CCCCN)ccc4OC)ccc3OC)ccc2OC)cc1C(=O)NCC(=O)O. The number of ether oxygens (including phenoxy) is 4. The summed E-state index contributed by atoms with van der Waals surface area (Å²) in [6.45, 7) is 0.837. The lowest BCUT2D eigenvalue weighted by molar-refractivity contribution is -0.135. The van der Waals surface area contributed by atoms with Crippen molar-refractivity contribution in [3.8, 4) is 23.0 Å². The third-order valence-corrected chi connectivity index (χ3v) is 13.5. The molecular weight excluding hydrogens is 1110 g/mol. The summed E-state index contributed by atoms with van der Waals surface area (Å²) in [5.41, 5.74) is 29.5. The van der Waals surface area contributed by atoms with Gasteiger partial charge in [-0.1, -0.05) is 19.3 Å². The molecule has 0 aliphatic rings. The van der Waals surface area contributed by atoms with Crippen LogP contribution in [-0.4, -0.2) is 144 Å². The molecule has 0 saturated carbocycles. The Bertz CT molecular complexity index is 2960. The Morgan fingerprint density at radius 3 is 0.977 bits per heavy atom. The molecule has 27 heteroatoms. The minimum absolute atomic E-state index is 0.0245. The van der Waals surface area contributed by atoms with Crippen molar-refractivity contribution < 1.29 is 67.2 Å². The fourth-order valence-electron chi connectivity index (χ4n) is 8.84. The maximum atomic E-state index is 14.3. The molecule has 4 atom stereocenters. The zero-order valence-corrected chi connectivity index (χ0v) is 49.1. The van der Waals surface area contributed by atoms with E-state index >= 15 is 0 Å². The first-order valence-corrected chi connectivity index (χ1v) is 28.3. The molecule has 0 bridgehead atoms. The monoisotopic (exact) mass is 1200 g/mol. The molecule has 0 aliphatic carbocycles. The lowest BCUT2D eigenvalue weighted by Crippen LogP contribution is -2.44. The number of rotatable bonds is 38. The van der Waals surface area contributed by atoms with Crippen molar-refractivity contribution in [2.45, 2.75) is 108 Å². The molecular formula is C59H83N13O14. The molecule has 468 valence electrons. The Balaban J connectivity index is 1.56. The molecule has 0 saturated heterocycles. The molecule has 0 unspecified atom stereocenters. The number of amides is 8. The number of carbonyl (C=O) groups is 9. The van der Waals surface area contributed by atoms with E-state index in [2.05, 4.69) is 42.5 Å². The second-order valence-electron chi connectivity index (χ2n) is 19.9. The van der Waals surface area contributed by atoms with Crippen LogP contribution in [0.15, 0.2) is 72.8 Å². The highest BCUT2D eigenvalue weighted by molar-refractivity contribution is 6.08. The molecule has 0 spiro atoms. The van der Waals surface area contributed by atoms with Crippen molar-refractivity contribution in [3.05, 3.63) is 95.1 Å². The van der Waals surface area contributed by atoms with Gasteiger partial charge in [0, 0.05) is 22.7 Å². The number of anilines is 4. The molecule has 8 amide bonds. The third-order valence-electron chi connectivity index (χ3n) is 13.5. The van der Waals surface area contributed by atoms with Crippen molar-refractivity contribution >= 4 is 76.0 Å². The average Bonchev–Trinajstić information content (AvgIpc) is 3.49. The van der Waals surface area contributed by atoms with Gasteiger partial charge in [-0.15, -0.1) is 0 Å². The summed E-state index contributed by atoms with van der Waals surface area (Å²) in [5, 5.41) is 30.6. The van der Waals surface area contributed by atoms with Crippen molar-refractivity contribution in [3.63, 3.8) is 0 Å². The first kappa shape index (κ1) is 69.6. The van der Waals surface area contributed by atoms with E-state index in [0.717, 1.165) is 0 Å². The number of carboxylic acid groups (broad SMARTS) is 1. The molecule has 86 heavy (non-hydrogen) atoms. The van der Waals surface area contributed by atoms with E-state index in [4.69, 9.17) is 52.7 Å². The molecule has 0 fully saturated rings. The summed E-state index contributed by atoms with van der Waals surface area (Å²) < 4.78 is 21.8. The van der Waals surface area contributed by atoms with Crippen LogP contribution >= 0.6 is 0 Å². The number of carboxylic acids is 1. The van der Waals surface area contributed by atoms with Crippen LogP contribution in [0, 0.1) is 0 Å². The van der Waals surface area contributed by atoms with E-state index in [-0.39, 0.29) is 87.3 Å².